The molecule has 0 amide bonds. The highest BCUT2D eigenvalue weighted by atomic mass is 35.5. The van der Waals surface area contributed by atoms with Crippen molar-refractivity contribution >= 4 is 11.6 Å². The second-order valence-corrected chi connectivity index (χ2v) is 6.85. The van der Waals surface area contributed by atoms with Crippen LogP contribution in [0.5, 0.6) is 0 Å². The summed E-state index contributed by atoms with van der Waals surface area (Å²) in [7, 11) is 0. The largest absolute Gasteiger partial charge is 0.364 e. The highest BCUT2D eigenvalue weighted by Crippen LogP contribution is 2.54. The Morgan fingerprint density at radius 2 is 1.60 bits per heavy atom. The molecule has 20 heavy (non-hydrogen) atoms. The van der Waals surface area contributed by atoms with Crippen LogP contribution in [0.25, 0.3) is 11.1 Å². The maximum absolute atomic E-state index is 5.99. The van der Waals surface area contributed by atoms with Crippen LogP contribution in [-0.4, -0.2) is 6.61 Å². The van der Waals surface area contributed by atoms with Crippen molar-refractivity contribution in [3.8, 4) is 11.1 Å². The van der Waals surface area contributed by atoms with Gasteiger partial charge in [0.1, 0.15) is 5.60 Å². The second-order valence-electron chi connectivity index (χ2n) is 6.42. The zero-order valence-electron chi connectivity index (χ0n) is 12.1. The highest BCUT2D eigenvalue weighted by Gasteiger charge is 2.56. The minimum absolute atomic E-state index is 0.0789. The molecule has 0 N–H and O–H groups in total. The third-order valence-electron chi connectivity index (χ3n) is 4.16. The molecule has 0 aliphatic carbocycles. The molecule has 1 aliphatic rings. The van der Waals surface area contributed by atoms with Gasteiger partial charge in [-0.25, -0.2) is 0 Å². The fraction of sp³-hybridized carbons (Fsp3) is 0.333. The van der Waals surface area contributed by atoms with Crippen LogP contribution in [0.1, 0.15) is 26.3 Å². The summed E-state index contributed by atoms with van der Waals surface area (Å²) >= 11 is 5.99. The molecule has 1 heterocycles. The van der Waals surface area contributed by atoms with E-state index in [1.54, 1.807) is 0 Å². The average Bonchev–Trinajstić information content (AvgIpc) is 3.20. The summed E-state index contributed by atoms with van der Waals surface area (Å²) in [5.41, 5.74) is 3.61. The standard InChI is InChI=1S/C18H19ClO/c1-17(2,3)18(12-20-18)16-7-5-4-6-15(16)13-8-10-14(19)11-9-13/h4-11H,12H2,1-3H3. The maximum atomic E-state index is 5.99. The smallest absolute Gasteiger partial charge is 0.122 e. The van der Waals surface area contributed by atoms with Crippen LogP contribution in [0.2, 0.25) is 5.02 Å². The second kappa shape index (κ2) is 4.61. The Balaban J connectivity index is 2.13. The molecule has 1 aliphatic heterocycles. The van der Waals surface area contributed by atoms with E-state index < -0.39 is 0 Å². The average molecular weight is 287 g/mol. The van der Waals surface area contributed by atoms with Gasteiger partial charge >= 0.3 is 0 Å². The molecule has 1 fully saturated rings. The molecule has 0 saturated carbocycles. The van der Waals surface area contributed by atoms with Gasteiger partial charge in [-0.2, -0.15) is 0 Å². The molecule has 2 aromatic rings. The quantitative estimate of drug-likeness (QED) is 0.684. The molecule has 1 unspecified atom stereocenters. The van der Waals surface area contributed by atoms with Gasteiger partial charge < -0.3 is 4.74 Å². The first kappa shape index (κ1) is 13.7. The van der Waals surface area contributed by atoms with Gasteiger partial charge in [0.15, 0.2) is 0 Å². The number of hydrogen-bond acceptors (Lipinski definition) is 1. The third kappa shape index (κ3) is 2.15. The number of hydrogen-bond donors (Lipinski definition) is 0. The predicted octanol–water partition coefficient (Wildman–Crippen LogP) is 5.28. The Hall–Kier alpha value is -1.31. The monoisotopic (exact) mass is 286 g/mol. The van der Waals surface area contributed by atoms with Crippen molar-refractivity contribution in [2.45, 2.75) is 26.4 Å². The van der Waals surface area contributed by atoms with Crippen LogP contribution < -0.4 is 0 Å². The summed E-state index contributed by atoms with van der Waals surface area (Å²) in [5.74, 6) is 0. The van der Waals surface area contributed by atoms with Crippen LogP contribution in [0.3, 0.4) is 0 Å². The summed E-state index contributed by atoms with van der Waals surface area (Å²) < 4.78 is 5.91. The topological polar surface area (TPSA) is 12.5 Å². The van der Waals surface area contributed by atoms with Crippen molar-refractivity contribution in [2.24, 2.45) is 5.41 Å². The molecule has 0 radical (unpaired) electrons. The lowest BCUT2D eigenvalue weighted by Crippen LogP contribution is -2.28. The van der Waals surface area contributed by atoms with Crippen molar-refractivity contribution < 1.29 is 4.74 Å². The van der Waals surface area contributed by atoms with E-state index >= 15 is 0 Å². The molecule has 1 atom stereocenters. The normalized spacial score (nSPS) is 21.8. The van der Waals surface area contributed by atoms with Crippen LogP contribution in [0.4, 0.5) is 0 Å². The summed E-state index contributed by atoms with van der Waals surface area (Å²) in [6, 6.07) is 16.5. The van der Waals surface area contributed by atoms with E-state index in [1.807, 2.05) is 12.1 Å². The van der Waals surface area contributed by atoms with E-state index in [1.165, 1.54) is 16.7 Å². The Morgan fingerprint density at radius 3 is 2.15 bits per heavy atom. The fourth-order valence-electron chi connectivity index (χ4n) is 2.78. The van der Waals surface area contributed by atoms with Crippen LogP contribution >= 0.6 is 11.6 Å². The van der Waals surface area contributed by atoms with Crippen molar-refractivity contribution in [2.75, 3.05) is 6.61 Å². The van der Waals surface area contributed by atoms with Crippen LogP contribution in [0.15, 0.2) is 48.5 Å². The molecular formula is C18H19ClO. The number of benzene rings is 2. The molecule has 0 aromatic heterocycles. The molecule has 0 spiro atoms. The molecule has 2 aromatic carbocycles. The third-order valence-corrected chi connectivity index (χ3v) is 4.41. The van der Waals surface area contributed by atoms with E-state index in [4.69, 9.17) is 16.3 Å². The summed E-state index contributed by atoms with van der Waals surface area (Å²) in [6.07, 6.45) is 0. The molecule has 104 valence electrons. The lowest BCUT2D eigenvalue weighted by molar-refractivity contribution is 0.156. The first-order chi connectivity index (χ1) is 9.44. The summed E-state index contributed by atoms with van der Waals surface area (Å²) in [5, 5.41) is 0.763. The molecule has 0 bridgehead atoms. The predicted molar refractivity (Wildman–Crippen MR) is 84.0 cm³/mol. The minimum atomic E-state index is -0.163. The SMILES string of the molecule is CC(C)(C)C1(c2ccccc2-c2ccc(Cl)cc2)CO1. The fourth-order valence-corrected chi connectivity index (χ4v) is 2.91. The molecule has 1 nitrogen and oxygen atoms in total. The zero-order chi connectivity index (χ0) is 14.4. The van der Waals surface area contributed by atoms with E-state index in [0.717, 1.165) is 11.6 Å². The van der Waals surface area contributed by atoms with E-state index in [9.17, 15) is 0 Å². The summed E-state index contributed by atoms with van der Waals surface area (Å²) in [6.45, 7) is 7.50. The Labute approximate surface area is 125 Å². The van der Waals surface area contributed by atoms with Gasteiger partial charge in [-0.1, -0.05) is 68.8 Å². The maximum Gasteiger partial charge on any atom is 0.122 e. The minimum Gasteiger partial charge on any atom is -0.364 e. The van der Waals surface area contributed by atoms with Crippen molar-refractivity contribution in [1.82, 2.24) is 0 Å². The number of halogens is 1. The molecule has 2 heteroatoms. The zero-order valence-corrected chi connectivity index (χ0v) is 12.9. The Morgan fingerprint density at radius 1 is 1.00 bits per heavy atom. The molecular weight excluding hydrogens is 268 g/mol. The Kier molecular flexibility index (Phi) is 3.15. The van der Waals surface area contributed by atoms with Crippen molar-refractivity contribution in [3.05, 3.63) is 59.1 Å². The van der Waals surface area contributed by atoms with E-state index in [2.05, 4.69) is 57.2 Å². The van der Waals surface area contributed by atoms with Crippen LogP contribution in [0, 0.1) is 5.41 Å². The van der Waals surface area contributed by atoms with Crippen LogP contribution in [-0.2, 0) is 10.3 Å². The number of ether oxygens (including phenoxy) is 1. The molecule has 3 rings (SSSR count). The lowest BCUT2D eigenvalue weighted by Gasteiger charge is -2.29. The van der Waals surface area contributed by atoms with Gasteiger partial charge in [0.25, 0.3) is 0 Å². The first-order valence-corrected chi connectivity index (χ1v) is 7.31. The lowest BCUT2D eigenvalue weighted by atomic mass is 9.74. The van der Waals surface area contributed by atoms with E-state index in [0.29, 0.717) is 0 Å². The van der Waals surface area contributed by atoms with Gasteiger partial charge in [-0.15, -0.1) is 0 Å². The number of rotatable bonds is 2. The summed E-state index contributed by atoms with van der Waals surface area (Å²) in [4.78, 5) is 0. The van der Waals surface area contributed by atoms with Crippen molar-refractivity contribution in [3.63, 3.8) is 0 Å². The highest BCUT2D eigenvalue weighted by molar-refractivity contribution is 6.30. The first-order valence-electron chi connectivity index (χ1n) is 6.93. The molecule has 1 saturated heterocycles. The van der Waals surface area contributed by atoms with Gasteiger partial charge in [-0.3, -0.25) is 0 Å². The van der Waals surface area contributed by atoms with Crippen molar-refractivity contribution in [1.29, 1.82) is 0 Å². The van der Waals surface area contributed by atoms with Gasteiger partial charge in [0, 0.05) is 5.02 Å². The number of epoxide rings is 1. The van der Waals surface area contributed by atoms with Gasteiger partial charge in [0.2, 0.25) is 0 Å². The van der Waals surface area contributed by atoms with Gasteiger partial charge in [-0.05, 0) is 34.2 Å². The Bertz CT molecular complexity index is 619. The van der Waals surface area contributed by atoms with Gasteiger partial charge in [0.05, 0.1) is 6.61 Å². The van der Waals surface area contributed by atoms with E-state index in [-0.39, 0.29) is 11.0 Å².